The van der Waals surface area contributed by atoms with Crippen molar-refractivity contribution in [3.8, 4) is 0 Å². The van der Waals surface area contributed by atoms with Gasteiger partial charge in [-0.25, -0.2) is 0 Å². The Bertz CT molecular complexity index is 139. The summed E-state index contributed by atoms with van der Waals surface area (Å²) in [4.78, 5) is 15.6. The highest BCUT2D eigenvalue weighted by Gasteiger charge is 2.43. The second kappa shape index (κ2) is 2.58. The smallest absolute Gasteiger partial charge is 0.324 e. The minimum absolute atomic E-state index is 0.142. The summed E-state index contributed by atoms with van der Waals surface area (Å²) in [6.45, 7) is 5.86. The maximum absolute atomic E-state index is 10.7. The van der Waals surface area contributed by atoms with E-state index in [1.807, 2.05) is 13.8 Å². The molecule has 0 aliphatic carbocycles. The summed E-state index contributed by atoms with van der Waals surface area (Å²) in [5.41, 5.74) is 0. The minimum atomic E-state index is -0.142. The van der Waals surface area contributed by atoms with Crippen molar-refractivity contribution in [2.45, 2.75) is 39.3 Å². The van der Waals surface area contributed by atoms with Gasteiger partial charge in [0.05, 0.1) is 12.1 Å². The summed E-state index contributed by atoms with van der Waals surface area (Å²) >= 11 is 0. The van der Waals surface area contributed by atoms with Crippen LogP contribution in [0, 0.1) is 0 Å². The quantitative estimate of drug-likeness (QED) is 0.539. The summed E-state index contributed by atoms with van der Waals surface area (Å²) < 4.78 is 0. The molecular weight excluding hydrogens is 130 g/mol. The highest BCUT2D eigenvalue weighted by Crippen LogP contribution is 2.27. The summed E-state index contributed by atoms with van der Waals surface area (Å²) in [5.74, 6) is -0.142. The molecule has 2 atom stereocenters. The Balaban J connectivity index is 2.22. The van der Waals surface area contributed by atoms with Gasteiger partial charge in [0.1, 0.15) is 0 Å². The number of carbonyl (C=O) groups excluding carboxylic acids is 1. The molecule has 0 aromatic rings. The van der Waals surface area contributed by atoms with Crippen LogP contribution in [0.25, 0.3) is 0 Å². The van der Waals surface area contributed by atoms with E-state index >= 15 is 0 Å². The molecule has 1 rings (SSSR count). The molecular formula is C7H13NO2. The number of hydroxylamine groups is 2. The molecule has 0 spiro atoms. The molecule has 1 saturated heterocycles. The average molecular weight is 143 g/mol. The molecule has 58 valence electrons. The number of carbonyl (C=O) groups is 1. The maximum Gasteiger partial charge on any atom is 0.324 e. The second-order valence-electron chi connectivity index (χ2n) is 2.66. The SMILES string of the molecule is CCC(=O)ON1C(C)C1C. The predicted molar refractivity (Wildman–Crippen MR) is 37.1 cm³/mol. The van der Waals surface area contributed by atoms with Gasteiger partial charge in [-0.05, 0) is 13.8 Å². The molecule has 0 N–H and O–H groups in total. The van der Waals surface area contributed by atoms with Crippen molar-refractivity contribution < 1.29 is 9.63 Å². The van der Waals surface area contributed by atoms with Crippen LogP contribution in [-0.2, 0) is 9.63 Å². The van der Waals surface area contributed by atoms with E-state index in [0.29, 0.717) is 18.5 Å². The molecule has 3 heteroatoms. The lowest BCUT2D eigenvalue weighted by atomic mass is 10.4. The van der Waals surface area contributed by atoms with Crippen molar-refractivity contribution >= 4 is 5.97 Å². The summed E-state index contributed by atoms with van der Waals surface area (Å²) in [6.07, 6.45) is 0.454. The maximum atomic E-state index is 10.7. The first-order valence-corrected chi connectivity index (χ1v) is 3.66. The fourth-order valence-corrected chi connectivity index (χ4v) is 0.819. The van der Waals surface area contributed by atoms with Gasteiger partial charge in [-0.3, -0.25) is 4.79 Å². The summed E-state index contributed by atoms with van der Waals surface area (Å²) in [6, 6.07) is 0.825. The zero-order valence-electron chi connectivity index (χ0n) is 6.63. The molecule has 10 heavy (non-hydrogen) atoms. The molecule has 3 nitrogen and oxygen atoms in total. The highest BCUT2D eigenvalue weighted by molar-refractivity contribution is 5.68. The number of nitrogens with zero attached hydrogens (tertiary/aromatic N) is 1. The van der Waals surface area contributed by atoms with Gasteiger partial charge < -0.3 is 4.84 Å². The largest absolute Gasteiger partial charge is 0.367 e. The van der Waals surface area contributed by atoms with Crippen LogP contribution >= 0.6 is 0 Å². The Morgan fingerprint density at radius 3 is 2.30 bits per heavy atom. The Labute approximate surface area is 60.9 Å². The van der Waals surface area contributed by atoms with Crippen LogP contribution in [0.1, 0.15) is 27.2 Å². The van der Waals surface area contributed by atoms with E-state index in [2.05, 4.69) is 0 Å². The van der Waals surface area contributed by atoms with Gasteiger partial charge in [-0.2, -0.15) is 0 Å². The van der Waals surface area contributed by atoms with Gasteiger partial charge in [0.2, 0.25) is 0 Å². The first kappa shape index (κ1) is 7.54. The van der Waals surface area contributed by atoms with E-state index in [1.54, 1.807) is 12.0 Å². The number of hydrogen-bond acceptors (Lipinski definition) is 3. The predicted octanol–water partition coefficient (Wildman–Crippen LogP) is 0.947. The van der Waals surface area contributed by atoms with Gasteiger partial charge in [0.25, 0.3) is 0 Å². The Kier molecular flexibility index (Phi) is 1.94. The van der Waals surface area contributed by atoms with Crippen molar-refractivity contribution in [1.82, 2.24) is 5.06 Å². The molecule has 0 bridgehead atoms. The van der Waals surface area contributed by atoms with Gasteiger partial charge in [-0.15, -0.1) is 5.06 Å². The molecule has 0 amide bonds. The van der Waals surface area contributed by atoms with Crippen LogP contribution in [0.3, 0.4) is 0 Å². The third kappa shape index (κ3) is 1.29. The van der Waals surface area contributed by atoms with Crippen molar-refractivity contribution in [2.75, 3.05) is 0 Å². The lowest BCUT2D eigenvalue weighted by Gasteiger charge is -2.00. The number of hydrogen-bond donors (Lipinski definition) is 0. The summed E-state index contributed by atoms with van der Waals surface area (Å²) in [5, 5.41) is 1.71. The Hall–Kier alpha value is -0.570. The van der Waals surface area contributed by atoms with E-state index in [4.69, 9.17) is 4.84 Å². The molecule has 0 radical (unpaired) electrons. The molecule has 2 unspecified atom stereocenters. The van der Waals surface area contributed by atoms with Crippen LogP contribution in [0.15, 0.2) is 0 Å². The lowest BCUT2D eigenvalue weighted by Crippen LogP contribution is -2.10. The van der Waals surface area contributed by atoms with Crippen molar-refractivity contribution in [1.29, 1.82) is 0 Å². The van der Waals surface area contributed by atoms with Crippen LogP contribution in [0.2, 0.25) is 0 Å². The molecule has 1 aliphatic heterocycles. The molecule has 1 fully saturated rings. The van der Waals surface area contributed by atoms with E-state index in [-0.39, 0.29) is 5.97 Å². The normalized spacial score (nSPS) is 37.3. The highest BCUT2D eigenvalue weighted by atomic mass is 16.7. The minimum Gasteiger partial charge on any atom is -0.367 e. The Morgan fingerprint density at radius 1 is 1.50 bits per heavy atom. The van der Waals surface area contributed by atoms with Crippen LogP contribution < -0.4 is 0 Å². The standard InChI is InChI=1S/C7H13NO2/c1-4-7(9)10-8-5(2)6(8)3/h5-6H,4H2,1-3H3. The molecule has 0 aromatic carbocycles. The zero-order chi connectivity index (χ0) is 7.72. The lowest BCUT2D eigenvalue weighted by molar-refractivity contribution is -0.169. The van der Waals surface area contributed by atoms with E-state index < -0.39 is 0 Å². The van der Waals surface area contributed by atoms with Gasteiger partial charge in [0, 0.05) is 6.42 Å². The van der Waals surface area contributed by atoms with Crippen LogP contribution in [0.5, 0.6) is 0 Å². The van der Waals surface area contributed by atoms with Crippen LogP contribution in [0.4, 0.5) is 0 Å². The van der Waals surface area contributed by atoms with E-state index in [1.165, 1.54) is 0 Å². The van der Waals surface area contributed by atoms with Crippen LogP contribution in [-0.4, -0.2) is 23.1 Å². The average Bonchev–Trinajstić information content (AvgIpc) is 2.45. The third-order valence-electron chi connectivity index (χ3n) is 1.91. The zero-order valence-corrected chi connectivity index (χ0v) is 6.63. The van der Waals surface area contributed by atoms with E-state index in [0.717, 1.165) is 0 Å². The van der Waals surface area contributed by atoms with E-state index in [9.17, 15) is 4.79 Å². The fraction of sp³-hybridized carbons (Fsp3) is 0.857. The van der Waals surface area contributed by atoms with Crippen molar-refractivity contribution in [3.63, 3.8) is 0 Å². The number of rotatable bonds is 2. The van der Waals surface area contributed by atoms with Gasteiger partial charge in [-0.1, -0.05) is 6.92 Å². The molecule has 0 aromatic heterocycles. The first-order valence-electron chi connectivity index (χ1n) is 3.66. The third-order valence-corrected chi connectivity index (χ3v) is 1.91. The van der Waals surface area contributed by atoms with Crippen molar-refractivity contribution in [2.24, 2.45) is 0 Å². The molecule has 0 saturated carbocycles. The fourth-order valence-electron chi connectivity index (χ4n) is 0.819. The first-order chi connectivity index (χ1) is 4.66. The summed E-state index contributed by atoms with van der Waals surface area (Å²) in [7, 11) is 0. The topological polar surface area (TPSA) is 29.3 Å². The van der Waals surface area contributed by atoms with Crippen molar-refractivity contribution in [3.05, 3.63) is 0 Å². The van der Waals surface area contributed by atoms with Gasteiger partial charge >= 0.3 is 5.97 Å². The molecule has 1 heterocycles. The van der Waals surface area contributed by atoms with Gasteiger partial charge in [0.15, 0.2) is 0 Å². The second-order valence-corrected chi connectivity index (χ2v) is 2.66. The monoisotopic (exact) mass is 143 g/mol. The molecule has 1 aliphatic rings. The Morgan fingerprint density at radius 2 is 2.00 bits per heavy atom.